The number of halogens is 1. The first-order valence-electron chi connectivity index (χ1n) is 6.33. The van der Waals surface area contributed by atoms with E-state index < -0.39 is 0 Å². The van der Waals surface area contributed by atoms with Crippen LogP contribution in [0.15, 0.2) is 23.1 Å². The Kier molecular flexibility index (Phi) is 4.67. The van der Waals surface area contributed by atoms with Gasteiger partial charge in [-0.25, -0.2) is 14.5 Å². The first-order chi connectivity index (χ1) is 9.77. The fraction of sp³-hybridized carbons (Fsp3) is 0.462. The van der Waals surface area contributed by atoms with Crippen LogP contribution < -0.4 is 0 Å². The Morgan fingerprint density at radius 3 is 2.76 bits per heavy atom. The van der Waals surface area contributed by atoms with Crippen molar-refractivity contribution in [3.63, 3.8) is 0 Å². The molecule has 0 aliphatic rings. The molecule has 0 aromatic carbocycles. The lowest BCUT2D eigenvalue weighted by Gasteiger charge is -2.30. The SMILES string of the molecule is CN(C(=O)OCc1cnc(-n2cc(Br)cn2)s1)C(C)(C)C. The molecule has 0 atom stereocenters. The molecule has 114 valence electrons. The Balaban J connectivity index is 1.96. The van der Waals surface area contributed by atoms with Crippen molar-refractivity contribution < 1.29 is 9.53 Å². The summed E-state index contributed by atoms with van der Waals surface area (Å²) in [5.74, 6) is 0. The van der Waals surface area contributed by atoms with Crippen LogP contribution in [0.25, 0.3) is 5.13 Å². The van der Waals surface area contributed by atoms with Crippen molar-refractivity contribution in [3.8, 4) is 5.13 Å². The Morgan fingerprint density at radius 1 is 1.48 bits per heavy atom. The zero-order valence-corrected chi connectivity index (χ0v) is 14.7. The highest BCUT2D eigenvalue weighted by atomic mass is 79.9. The van der Waals surface area contributed by atoms with Crippen molar-refractivity contribution in [1.82, 2.24) is 19.7 Å². The van der Waals surface area contributed by atoms with Crippen LogP contribution in [-0.2, 0) is 11.3 Å². The minimum Gasteiger partial charge on any atom is -0.444 e. The van der Waals surface area contributed by atoms with E-state index in [4.69, 9.17) is 4.74 Å². The summed E-state index contributed by atoms with van der Waals surface area (Å²) in [6.45, 7) is 6.07. The van der Waals surface area contributed by atoms with E-state index in [-0.39, 0.29) is 18.2 Å². The number of ether oxygens (including phenoxy) is 1. The fourth-order valence-electron chi connectivity index (χ4n) is 1.38. The first kappa shape index (κ1) is 16.0. The van der Waals surface area contributed by atoms with Crippen LogP contribution in [0, 0.1) is 0 Å². The summed E-state index contributed by atoms with van der Waals surface area (Å²) in [5.41, 5.74) is -0.267. The maximum absolute atomic E-state index is 11.9. The molecule has 0 saturated heterocycles. The van der Waals surface area contributed by atoms with E-state index in [0.29, 0.717) is 0 Å². The van der Waals surface area contributed by atoms with Crippen LogP contribution in [0.3, 0.4) is 0 Å². The number of carbonyl (C=O) groups is 1. The summed E-state index contributed by atoms with van der Waals surface area (Å²) < 4.78 is 7.84. The molecule has 2 heterocycles. The van der Waals surface area contributed by atoms with Crippen LogP contribution in [0.4, 0.5) is 4.79 Å². The minimum atomic E-state index is -0.348. The minimum absolute atomic E-state index is 0.208. The van der Waals surface area contributed by atoms with Gasteiger partial charge in [-0.05, 0) is 36.7 Å². The molecule has 0 spiro atoms. The van der Waals surface area contributed by atoms with E-state index in [1.54, 1.807) is 29.0 Å². The molecule has 0 bridgehead atoms. The summed E-state index contributed by atoms with van der Waals surface area (Å²) in [7, 11) is 1.72. The first-order valence-corrected chi connectivity index (χ1v) is 7.94. The molecule has 0 aliphatic carbocycles. The Hall–Kier alpha value is -1.41. The van der Waals surface area contributed by atoms with Crippen molar-refractivity contribution >= 4 is 33.4 Å². The van der Waals surface area contributed by atoms with E-state index in [1.165, 1.54) is 11.3 Å². The molecule has 0 saturated carbocycles. The maximum Gasteiger partial charge on any atom is 0.410 e. The van der Waals surface area contributed by atoms with Crippen molar-refractivity contribution in [2.75, 3.05) is 7.05 Å². The van der Waals surface area contributed by atoms with Crippen molar-refractivity contribution in [2.45, 2.75) is 32.9 Å². The predicted molar refractivity (Wildman–Crippen MR) is 84.6 cm³/mol. The summed E-state index contributed by atoms with van der Waals surface area (Å²) in [6, 6.07) is 0. The number of hydrogen-bond acceptors (Lipinski definition) is 5. The number of thiazole rings is 1. The highest BCUT2D eigenvalue weighted by Gasteiger charge is 2.23. The Bertz CT molecular complexity index is 632. The molecule has 0 fully saturated rings. The van der Waals surface area contributed by atoms with Gasteiger partial charge < -0.3 is 9.64 Å². The third-order valence-electron chi connectivity index (χ3n) is 2.91. The summed E-state index contributed by atoms with van der Waals surface area (Å²) in [4.78, 5) is 18.6. The smallest absolute Gasteiger partial charge is 0.410 e. The molecule has 8 heteroatoms. The normalized spacial score (nSPS) is 11.5. The quantitative estimate of drug-likeness (QED) is 0.827. The van der Waals surface area contributed by atoms with Gasteiger partial charge in [-0.2, -0.15) is 5.10 Å². The van der Waals surface area contributed by atoms with E-state index in [2.05, 4.69) is 26.0 Å². The molecule has 2 aromatic heterocycles. The largest absolute Gasteiger partial charge is 0.444 e. The van der Waals surface area contributed by atoms with Gasteiger partial charge in [-0.3, -0.25) is 0 Å². The topological polar surface area (TPSA) is 60.3 Å². The maximum atomic E-state index is 11.9. The van der Waals surface area contributed by atoms with Crippen LogP contribution in [-0.4, -0.2) is 38.3 Å². The van der Waals surface area contributed by atoms with Gasteiger partial charge >= 0.3 is 6.09 Å². The number of nitrogens with zero attached hydrogens (tertiary/aromatic N) is 4. The van der Waals surface area contributed by atoms with E-state index in [1.807, 2.05) is 27.0 Å². The predicted octanol–water partition coefficient (Wildman–Crippen LogP) is 3.46. The number of rotatable bonds is 3. The molecule has 2 rings (SSSR count). The molecule has 0 aliphatic heterocycles. The number of aromatic nitrogens is 3. The second kappa shape index (κ2) is 6.15. The molecule has 1 amide bonds. The lowest BCUT2D eigenvalue weighted by atomic mass is 10.1. The van der Waals surface area contributed by atoms with Gasteiger partial charge in [0, 0.05) is 25.0 Å². The molecule has 0 N–H and O–H groups in total. The standard InChI is InChI=1S/C13H17BrN4O2S/c1-13(2,3)17(4)12(19)20-8-10-6-15-11(21-10)18-7-9(14)5-16-18/h5-7H,8H2,1-4H3. The molecule has 0 radical (unpaired) electrons. The summed E-state index contributed by atoms with van der Waals surface area (Å²) >= 11 is 4.77. The van der Waals surface area contributed by atoms with Crippen LogP contribution in [0.5, 0.6) is 0 Å². The van der Waals surface area contributed by atoms with Gasteiger partial charge in [-0.15, -0.1) is 0 Å². The van der Waals surface area contributed by atoms with E-state index in [9.17, 15) is 4.79 Å². The third kappa shape index (κ3) is 4.04. The molecule has 21 heavy (non-hydrogen) atoms. The van der Waals surface area contributed by atoms with Crippen LogP contribution in [0.2, 0.25) is 0 Å². The third-order valence-corrected chi connectivity index (χ3v) is 4.28. The average Bonchev–Trinajstić information content (AvgIpc) is 3.02. The van der Waals surface area contributed by atoms with Crippen LogP contribution >= 0.6 is 27.3 Å². The Morgan fingerprint density at radius 2 is 2.19 bits per heavy atom. The second-order valence-electron chi connectivity index (χ2n) is 5.50. The van der Waals surface area contributed by atoms with Gasteiger partial charge in [0.05, 0.1) is 15.5 Å². The van der Waals surface area contributed by atoms with Crippen LogP contribution in [0.1, 0.15) is 25.6 Å². The molecule has 2 aromatic rings. The molecular weight excluding hydrogens is 356 g/mol. The van der Waals surface area contributed by atoms with E-state index in [0.717, 1.165) is 14.5 Å². The highest BCUT2D eigenvalue weighted by Crippen LogP contribution is 2.20. The zero-order valence-electron chi connectivity index (χ0n) is 12.3. The lowest BCUT2D eigenvalue weighted by Crippen LogP contribution is -2.42. The number of carbonyl (C=O) groups excluding carboxylic acids is 1. The molecule has 6 nitrogen and oxygen atoms in total. The average molecular weight is 373 g/mol. The monoisotopic (exact) mass is 372 g/mol. The van der Waals surface area contributed by atoms with Gasteiger partial charge in [-0.1, -0.05) is 11.3 Å². The molecular formula is C13H17BrN4O2S. The summed E-state index contributed by atoms with van der Waals surface area (Å²) in [6.07, 6.45) is 4.86. The lowest BCUT2D eigenvalue weighted by molar-refractivity contribution is 0.0766. The van der Waals surface area contributed by atoms with Crippen molar-refractivity contribution in [3.05, 3.63) is 27.9 Å². The number of hydrogen-bond donors (Lipinski definition) is 0. The zero-order chi connectivity index (χ0) is 15.6. The number of amides is 1. The van der Waals surface area contributed by atoms with Gasteiger partial charge in [0.25, 0.3) is 0 Å². The van der Waals surface area contributed by atoms with Gasteiger partial charge in [0.1, 0.15) is 6.61 Å². The fourth-order valence-corrected chi connectivity index (χ4v) is 2.42. The van der Waals surface area contributed by atoms with E-state index >= 15 is 0 Å². The molecule has 0 unspecified atom stereocenters. The van der Waals surface area contributed by atoms with Crippen molar-refractivity contribution in [1.29, 1.82) is 0 Å². The second-order valence-corrected chi connectivity index (χ2v) is 7.51. The van der Waals surface area contributed by atoms with Gasteiger partial charge in [0.15, 0.2) is 0 Å². The summed E-state index contributed by atoms with van der Waals surface area (Å²) in [5, 5.41) is 4.89. The highest BCUT2D eigenvalue weighted by molar-refractivity contribution is 9.10. The van der Waals surface area contributed by atoms with Crippen molar-refractivity contribution in [2.24, 2.45) is 0 Å². The Labute approximate surface area is 135 Å². The van der Waals surface area contributed by atoms with Gasteiger partial charge in [0.2, 0.25) is 5.13 Å².